The number of nitrogens with zero attached hydrogens (tertiary/aromatic N) is 7. The van der Waals surface area contributed by atoms with Gasteiger partial charge in [-0.25, -0.2) is 13.8 Å². The van der Waals surface area contributed by atoms with Gasteiger partial charge in [-0.15, -0.1) is 0 Å². The van der Waals surface area contributed by atoms with Gasteiger partial charge in [0.15, 0.2) is 16.7 Å². The number of benzene rings is 4. The Morgan fingerprint density at radius 1 is 0.969 bits per heavy atom. The zero-order chi connectivity index (χ0) is 46.4. The lowest BCUT2D eigenvalue weighted by atomic mass is 9.78. The second-order valence-electron chi connectivity index (χ2n) is 16.7. The van der Waals surface area contributed by atoms with E-state index in [0.717, 1.165) is 54.0 Å². The molecule has 12 nitrogen and oxygen atoms in total. The van der Waals surface area contributed by atoms with Gasteiger partial charge in [-0.1, -0.05) is 31.4 Å². The van der Waals surface area contributed by atoms with Crippen LogP contribution in [0.2, 0.25) is 0 Å². The Labute approximate surface area is 376 Å². The molecule has 1 unspecified atom stereocenters. The van der Waals surface area contributed by atoms with Gasteiger partial charge in [0.2, 0.25) is 0 Å². The fourth-order valence-electron chi connectivity index (χ4n) is 8.78. The summed E-state index contributed by atoms with van der Waals surface area (Å²) >= 11 is 5.55. The van der Waals surface area contributed by atoms with E-state index in [1.165, 1.54) is 61.5 Å². The molecule has 18 heteroatoms. The second kappa shape index (κ2) is 17.6. The molecule has 3 aliphatic rings. The first-order valence-corrected chi connectivity index (χ1v) is 21.4. The number of Topliss-reactive ketones (excluding diaryl/α,β-unsaturated/α-hetero) is 2. The summed E-state index contributed by atoms with van der Waals surface area (Å²) < 4.78 is 73.0. The van der Waals surface area contributed by atoms with E-state index in [9.17, 15) is 37.2 Å². The molecule has 8 rings (SSSR count). The normalized spacial score (nSPS) is 17.7. The van der Waals surface area contributed by atoms with Gasteiger partial charge >= 0.3 is 6.18 Å². The van der Waals surface area contributed by atoms with E-state index in [0.29, 0.717) is 47.4 Å². The standard InChI is InChI=1S/C47H42F5N9O3S/c1-46(2)44(64)60(30-15-12-27(23-53)34(21-30)47(50,51)52)45(65)61(46)31-16-17-32(35(49)22-31)37(62)9-7-5-4-6-8-18-54-29-13-10-26(11-14-29)41-40(43-56-25-57-59(43)3)42-39-33(38(63)24-55-42)19-28(48)20-36(39)58-41/h10-17,19-22,25,40-41,54,58H,4-9,18,24H2,1-3H3/t40?,41-/m1/s1. The number of alkyl halides is 3. The smallest absolute Gasteiger partial charge is 0.385 e. The second-order valence-corrected chi connectivity index (χ2v) is 17.0. The maximum Gasteiger partial charge on any atom is 0.417 e. The minimum Gasteiger partial charge on any atom is -0.385 e. The van der Waals surface area contributed by atoms with Crippen molar-refractivity contribution in [3.05, 3.63) is 130 Å². The predicted molar refractivity (Wildman–Crippen MR) is 238 cm³/mol. The lowest BCUT2D eigenvalue weighted by molar-refractivity contribution is -0.137. The highest BCUT2D eigenvalue weighted by Crippen LogP contribution is 2.45. The molecule has 2 atom stereocenters. The van der Waals surface area contributed by atoms with E-state index in [2.05, 4.69) is 25.7 Å². The third-order valence-corrected chi connectivity index (χ3v) is 12.4. The maximum atomic E-state index is 15.5. The fraction of sp³-hybridized carbons (Fsp3) is 0.319. The molecule has 334 valence electrons. The van der Waals surface area contributed by atoms with Crippen LogP contribution in [0.15, 0.2) is 84.1 Å². The van der Waals surface area contributed by atoms with E-state index in [4.69, 9.17) is 12.2 Å². The molecule has 4 heterocycles. The van der Waals surface area contributed by atoms with Gasteiger partial charge in [-0.05, 0) is 105 Å². The molecule has 1 aromatic heterocycles. The molecule has 1 saturated heterocycles. The van der Waals surface area contributed by atoms with Crippen molar-refractivity contribution in [1.82, 2.24) is 14.8 Å². The molecular weight excluding hydrogens is 866 g/mol. The fourth-order valence-corrected chi connectivity index (χ4v) is 9.30. The summed E-state index contributed by atoms with van der Waals surface area (Å²) in [5, 5.41) is 20.2. The predicted octanol–water partition coefficient (Wildman–Crippen LogP) is 9.47. The van der Waals surface area contributed by atoms with Crippen LogP contribution in [0.4, 0.5) is 44.7 Å². The molecule has 0 aliphatic carbocycles. The Morgan fingerprint density at radius 3 is 2.38 bits per heavy atom. The van der Waals surface area contributed by atoms with E-state index in [-0.39, 0.29) is 58.5 Å². The molecule has 0 spiro atoms. The van der Waals surface area contributed by atoms with Gasteiger partial charge in [0, 0.05) is 48.2 Å². The molecule has 0 radical (unpaired) electrons. The highest BCUT2D eigenvalue weighted by molar-refractivity contribution is 7.81. The summed E-state index contributed by atoms with van der Waals surface area (Å²) in [5.41, 5.74) is 0.508. The number of carbonyl (C=O) groups is 3. The highest BCUT2D eigenvalue weighted by Gasteiger charge is 2.51. The Morgan fingerprint density at radius 2 is 1.69 bits per heavy atom. The summed E-state index contributed by atoms with van der Waals surface area (Å²) in [4.78, 5) is 50.8. The van der Waals surface area contributed by atoms with Crippen LogP contribution >= 0.6 is 12.2 Å². The summed E-state index contributed by atoms with van der Waals surface area (Å²) in [6, 6.07) is 18.5. The van der Waals surface area contributed by atoms with Gasteiger partial charge < -0.3 is 15.5 Å². The van der Waals surface area contributed by atoms with Crippen molar-refractivity contribution in [1.29, 1.82) is 5.26 Å². The van der Waals surface area contributed by atoms with Crippen LogP contribution in [0.1, 0.15) is 113 Å². The van der Waals surface area contributed by atoms with Crippen LogP contribution in [-0.2, 0) is 18.0 Å². The Kier molecular flexibility index (Phi) is 12.1. The average Bonchev–Trinajstić information content (AvgIpc) is 3.77. The lowest BCUT2D eigenvalue weighted by Crippen LogP contribution is -2.44. The molecule has 0 bridgehead atoms. The minimum atomic E-state index is -4.86. The topological polar surface area (TPSA) is 149 Å². The number of carbonyl (C=O) groups excluding carboxylic acids is 3. The van der Waals surface area contributed by atoms with Gasteiger partial charge in [0.1, 0.15) is 35.9 Å². The largest absolute Gasteiger partial charge is 0.417 e. The summed E-state index contributed by atoms with van der Waals surface area (Å²) in [6.45, 7) is 3.65. The average molecular weight is 908 g/mol. The number of hydrogen-bond acceptors (Lipinski definition) is 10. The molecule has 0 saturated carbocycles. The monoisotopic (exact) mass is 907 g/mol. The van der Waals surface area contributed by atoms with Crippen molar-refractivity contribution in [2.24, 2.45) is 12.0 Å². The van der Waals surface area contributed by atoms with E-state index in [1.807, 2.05) is 24.3 Å². The number of hydrogen-bond donors (Lipinski definition) is 2. The van der Waals surface area contributed by atoms with Crippen molar-refractivity contribution in [3.63, 3.8) is 0 Å². The van der Waals surface area contributed by atoms with Gasteiger partial charge in [-0.2, -0.15) is 23.5 Å². The highest BCUT2D eigenvalue weighted by atomic mass is 32.1. The van der Waals surface area contributed by atoms with Crippen LogP contribution < -0.4 is 20.4 Å². The number of rotatable bonds is 14. The summed E-state index contributed by atoms with van der Waals surface area (Å²) in [5.74, 6) is -2.32. The van der Waals surface area contributed by atoms with Crippen molar-refractivity contribution < 1.29 is 36.3 Å². The molecule has 1 fully saturated rings. The van der Waals surface area contributed by atoms with Crippen LogP contribution in [0, 0.1) is 23.0 Å². The van der Waals surface area contributed by atoms with E-state index >= 15 is 4.39 Å². The molecule has 4 aromatic carbocycles. The Bertz CT molecular complexity index is 2820. The molecule has 3 aliphatic heterocycles. The molecular formula is C47H42F5N9O3S. The first-order valence-electron chi connectivity index (χ1n) is 21.0. The van der Waals surface area contributed by atoms with Crippen molar-refractivity contribution in [2.75, 3.05) is 33.5 Å². The van der Waals surface area contributed by atoms with Crippen LogP contribution in [0.3, 0.4) is 0 Å². The number of halogens is 5. The number of aliphatic imine (C=N–C) groups is 1. The lowest BCUT2D eigenvalue weighted by Gasteiger charge is -2.37. The quantitative estimate of drug-likeness (QED) is 0.0478. The number of unbranched alkanes of at least 4 members (excludes halogenated alkanes) is 4. The van der Waals surface area contributed by atoms with Crippen LogP contribution in [0.5, 0.6) is 0 Å². The van der Waals surface area contributed by atoms with E-state index < -0.39 is 40.4 Å². The minimum absolute atomic E-state index is 0.0710. The van der Waals surface area contributed by atoms with Crippen molar-refractivity contribution >= 4 is 63.3 Å². The SMILES string of the molecule is Cn1ncnc1C1C2=NCC(=O)c3cc(F)cc(c32)N[C@@H]1c1ccc(NCCCCCCCC(=O)c2ccc(N3C(=S)N(c4ccc(C#N)c(C(F)(F)F)c4)C(=O)C3(C)C)cc2F)cc1. The Balaban J connectivity index is 0.818. The number of nitriles is 1. The van der Waals surface area contributed by atoms with Crippen LogP contribution in [-0.4, -0.2) is 61.7 Å². The summed E-state index contributed by atoms with van der Waals surface area (Å²) in [7, 11) is 1.80. The first-order chi connectivity index (χ1) is 31.0. The van der Waals surface area contributed by atoms with E-state index in [1.54, 1.807) is 11.7 Å². The zero-order valence-corrected chi connectivity index (χ0v) is 36.3. The Hall–Kier alpha value is -6.87. The van der Waals surface area contributed by atoms with Crippen molar-refractivity contribution in [3.8, 4) is 6.07 Å². The number of anilines is 4. The van der Waals surface area contributed by atoms with Crippen molar-refractivity contribution in [2.45, 2.75) is 76.0 Å². The molecule has 1 amide bonds. The molecule has 2 N–H and O–H groups in total. The zero-order valence-electron chi connectivity index (χ0n) is 35.5. The number of thiocarbonyl (C=S) groups is 1. The number of ketones is 2. The van der Waals surface area contributed by atoms with Gasteiger partial charge in [0.25, 0.3) is 5.91 Å². The summed E-state index contributed by atoms with van der Waals surface area (Å²) in [6.07, 6.45) is 0.687. The third-order valence-electron chi connectivity index (χ3n) is 12.1. The maximum absolute atomic E-state index is 15.5. The number of nitrogens with one attached hydrogen (secondary N) is 2. The molecule has 5 aromatic rings. The van der Waals surface area contributed by atoms with Gasteiger partial charge in [0.05, 0.1) is 46.1 Å². The van der Waals surface area contributed by atoms with Crippen LogP contribution in [0.25, 0.3) is 0 Å². The van der Waals surface area contributed by atoms with Gasteiger partial charge in [-0.3, -0.25) is 29.0 Å². The number of aryl methyl sites for hydroxylation is 1. The number of aromatic nitrogens is 3. The first kappa shape index (κ1) is 44.7. The molecule has 65 heavy (non-hydrogen) atoms. The number of amides is 1. The third kappa shape index (κ3) is 8.48.